The minimum Gasteiger partial charge on any atom is -0.494 e. The van der Waals surface area contributed by atoms with Crippen molar-refractivity contribution >= 4 is 17.9 Å². The summed E-state index contributed by atoms with van der Waals surface area (Å²) in [6.07, 6.45) is 5.61. The van der Waals surface area contributed by atoms with Crippen LogP contribution in [0.3, 0.4) is 0 Å². The fourth-order valence-corrected chi connectivity index (χ4v) is 4.41. The number of ether oxygens (including phenoxy) is 2. The Bertz CT molecular complexity index is 1480. The molecule has 0 unspecified atom stereocenters. The van der Waals surface area contributed by atoms with E-state index < -0.39 is 11.8 Å². The molecule has 1 aliphatic rings. The fourth-order valence-electron chi connectivity index (χ4n) is 4.41. The summed E-state index contributed by atoms with van der Waals surface area (Å²) >= 11 is 0. The zero-order chi connectivity index (χ0) is 27.9. The lowest BCUT2D eigenvalue weighted by atomic mass is 9.93. The molecule has 0 bridgehead atoms. The van der Waals surface area contributed by atoms with Crippen LogP contribution in [0.2, 0.25) is 0 Å². The van der Waals surface area contributed by atoms with Crippen molar-refractivity contribution in [2.75, 3.05) is 26.9 Å². The van der Waals surface area contributed by atoms with Crippen LogP contribution in [-0.2, 0) is 14.3 Å². The Kier molecular flexibility index (Phi) is 8.74. The highest BCUT2D eigenvalue weighted by atomic mass is 16.5. The monoisotopic (exact) mass is 524 g/mol. The van der Waals surface area contributed by atoms with E-state index in [9.17, 15) is 14.9 Å². The number of benzene rings is 2. The van der Waals surface area contributed by atoms with E-state index in [1.807, 2.05) is 67.7 Å². The zero-order valence-corrected chi connectivity index (χ0v) is 22.7. The summed E-state index contributed by atoms with van der Waals surface area (Å²) in [6, 6.07) is 17.5. The summed E-state index contributed by atoms with van der Waals surface area (Å²) in [5.74, 6) is -0.286. The summed E-state index contributed by atoms with van der Waals surface area (Å²) in [4.78, 5) is 27.4. The maximum atomic E-state index is 13.5. The van der Waals surface area contributed by atoms with Gasteiger partial charge in [-0.3, -0.25) is 14.5 Å². The molecule has 4 rings (SSSR count). The number of rotatable bonds is 10. The van der Waals surface area contributed by atoms with Gasteiger partial charge in [0.05, 0.1) is 25.4 Å². The van der Waals surface area contributed by atoms with Gasteiger partial charge in [0.2, 0.25) is 0 Å². The lowest BCUT2D eigenvalue weighted by molar-refractivity contribution is -0.141. The number of imide groups is 1. The highest BCUT2D eigenvalue weighted by Gasteiger charge is 2.35. The first kappa shape index (κ1) is 27.6. The van der Waals surface area contributed by atoms with Crippen molar-refractivity contribution in [2.45, 2.75) is 33.6 Å². The molecule has 8 nitrogen and oxygen atoms in total. The second-order valence-corrected chi connectivity index (χ2v) is 9.32. The van der Waals surface area contributed by atoms with Crippen LogP contribution < -0.4 is 4.74 Å². The van der Waals surface area contributed by atoms with Gasteiger partial charge in [-0.05, 0) is 67.8 Å². The largest absolute Gasteiger partial charge is 0.494 e. The number of hydrogen-bond acceptors (Lipinski definition) is 6. The molecule has 1 aromatic heterocycles. The first-order valence-corrected chi connectivity index (χ1v) is 13.0. The molecule has 2 heterocycles. The lowest BCUT2D eigenvalue weighted by Gasteiger charge is -2.27. The van der Waals surface area contributed by atoms with Crippen LogP contribution in [0.1, 0.15) is 37.8 Å². The van der Waals surface area contributed by atoms with Gasteiger partial charge in [0.15, 0.2) is 0 Å². The zero-order valence-electron chi connectivity index (χ0n) is 22.7. The van der Waals surface area contributed by atoms with Gasteiger partial charge >= 0.3 is 0 Å². The number of methoxy groups -OCH3 is 1. The maximum absolute atomic E-state index is 13.5. The molecule has 0 N–H and O–H groups in total. The van der Waals surface area contributed by atoms with Gasteiger partial charge in [-0.25, -0.2) is 4.68 Å². The van der Waals surface area contributed by atoms with Crippen molar-refractivity contribution in [3.05, 3.63) is 82.6 Å². The molecule has 200 valence electrons. The smallest absolute Gasteiger partial charge is 0.271 e. The number of aromatic nitrogens is 2. The second kappa shape index (κ2) is 12.4. The van der Waals surface area contributed by atoms with Crippen LogP contribution >= 0.6 is 0 Å². The van der Waals surface area contributed by atoms with Crippen molar-refractivity contribution in [3.63, 3.8) is 0 Å². The fraction of sp³-hybridized carbons (Fsp3) is 0.290. The molecule has 0 spiro atoms. The summed E-state index contributed by atoms with van der Waals surface area (Å²) in [7, 11) is 1.49. The van der Waals surface area contributed by atoms with Gasteiger partial charge in [0.1, 0.15) is 23.1 Å². The molecule has 8 heteroatoms. The second-order valence-electron chi connectivity index (χ2n) is 9.32. The van der Waals surface area contributed by atoms with Crippen molar-refractivity contribution in [3.8, 4) is 28.8 Å². The summed E-state index contributed by atoms with van der Waals surface area (Å²) < 4.78 is 12.7. The molecule has 0 saturated heterocycles. The van der Waals surface area contributed by atoms with Gasteiger partial charge in [-0.2, -0.15) is 10.4 Å². The number of nitrogens with zero attached hydrogens (tertiary/aromatic N) is 4. The highest BCUT2D eigenvalue weighted by molar-refractivity contribution is 6.19. The Labute approximate surface area is 228 Å². The maximum Gasteiger partial charge on any atom is 0.271 e. The van der Waals surface area contributed by atoms with Crippen LogP contribution in [0.25, 0.3) is 23.0 Å². The minimum absolute atomic E-state index is 0.0543. The van der Waals surface area contributed by atoms with Gasteiger partial charge in [-0.1, -0.05) is 31.5 Å². The van der Waals surface area contributed by atoms with E-state index >= 15 is 0 Å². The van der Waals surface area contributed by atoms with E-state index in [1.54, 1.807) is 17.7 Å². The van der Waals surface area contributed by atoms with Crippen LogP contribution in [0.4, 0.5) is 0 Å². The molecule has 0 fully saturated rings. The first-order chi connectivity index (χ1) is 18.9. The molecule has 0 atom stereocenters. The van der Waals surface area contributed by atoms with Crippen molar-refractivity contribution in [1.29, 1.82) is 5.26 Å². The van der Waals surface area contributed by atoms with Crippen LogP contribution in [0.5, 0.6) is 5.75 Å². The number of aryl methyl sites for hydroxylation is 1. The Morgan fingerprint density at radius 2 is 1.82 bits per heavy atom. The molecule has 0 radical (unpaired) electrons. The van der Waals surface area contributed by atoms with E-state index in [0.717, 1.165) is 40.3 Å². The molecule has 39 heavy (non-hydrogen) atoms. The number of amides is 2. The first-order valence-electron chi connectivity index (χ1n) is 13.0. The highest BCUT2D eigenvalue weighted by Crippen LogP contribution is 2.33. The number of unbranched alkanes of at least 4 members (excludes halogenated alkanes) is 1. The third-order valence-corrected chi connectivity index (χ3v) is 6.63. The number of carbonyl (C=O) groups is 2. The lowest BCUT2D eigenvalue weighted by Crippen LogP contribution is -2.44. The Morgan fingerprint density at radius 3 is 2.49 bits per heavy atom. The van der Waals surface area contributed by atoms with E-state index in [-0.39, 0.29) is 24.3 Å². The Balaban J connectivity index is 1.85. The molecule has 0 saturated carbocycles. The average molecular weight is 525 g/mol. The average Bonchev–Trinajstić information content (AvgIpc) is 3.35. The summed E-state index contributed by atoms with van der Waals surface area (Å²) in [5.41, 5.74) is 4.63. The standard InChI is InChI=1S/C31H32N4O4/c1-5-6-15-39-25-12-13-26(21(2)17-25)29-23(20-35(33-29)24-10-8-7-9-11-24)18-27-22(3)28(19-32)31(37)34(30(27)36)14-16-38-4/h7-13,17-18,20H,5-6,14-16H2,1-4H3/b27-18+. The minimum atomic E-state index is -0.607. The van der Waals surface area contributed by atoms with E-state index in [2.05, 4.69) is 6.92 Å². The molecule has 3 aromatic rings. The summed E-state index contributed by atoms with van der Waals surface area (Å²) in [5, 5.41) is 14.6. The molecule has 2 aromatic carbocycles. The van der Waals surface area contributed by atoms with E-state index in [4.69, 9.17) is 14.6 Å². The van der Waals surface area contributed by atoms with E-state index in [1.165, 1.54) is 7.11 Å². The summed E-state index contributed by atoms with van der Waals surface area (Å²) in [6.45, 7) is 6.63. The number of para-hydroxylation sites is 1. The van der Waals surface area contributed by atoms with E-state index in [0.29, 0.717) is 23.4 Å². The van der Waals surface area contributed by atoms with Crippen LogP contribution in [-0.4, -0.2) is 53.4 Å². The predicted octanol–water partition coefficient (Wildman–Crippen LogP) is 5.27. The van der Waals surface area contributed by atoms with Gasteiger partial charge in [0.25, 0.3) is 11.8 Å². The normalized spacial score (nSPS) is 14.7. The Hall–Kier alpha value is -4.48. The van der Waals surface area contributed by atoms with Gasteiger partial charge in [-0.15, -0.1) is 0 Å². The molecule has 1 aliphatic heterocycles. The van der Waals surface area contributed by atoms with Crippen LogP contribution in [0, 0.1) is 18.3 Å². The molecular weight excluding hydrogens is 492 g/mol. The SMILES string of the molecule is CCCCOc1ccc(-c2nn(-c3ccccc3)cc2/C=C2/C(=O)N(CCOC)C(=O)C(C#N)=C2C)c(C)c1. The predicted molar refractivity (Wildman–Crippen MR) is 149 cm³/mol. The Morgan fingerprint density at radius 1 is 1.05 bits per heavy atom. The van der Waals surface area contributed by atoms with Gasteiger partial charge in [0, 0.05) is 30.0 Å². The number of nitriles is 1. The third kappa shape index (κ3) is 5.84. The topological polar surface area (TPSA) is 97.4 Å². The molecular formula is C31H32N4O4. The van der Waals surface area contributed by atoms with Crippen molar-refractivity contribution in [1.82, 2.24) is 14.7 Å². The number of hydrogen-bond donors (Lipinski definition) is 0. The molecule has 2 amide bonds. The van der Waals surface area contributed by atoms with Gasteiger partial charge < -0.3 is 9.47 Å². The van der Waals surface area contributed by atoms with Crippen molar-refractivity contribution < 1.29 is 19.1 Å². The third-order valence-electron chi connectivity index (χ3n) is 6.63. The van der Waals surface area contributed by atoms with Crippen LogP contribution in [0.15, 0.2) is 71.4 Å². The van der Waals surface area contributed by atoms with Crippen molar-refractivity contribution in [2.24, 2.45) is 0 Å². The number of carbonyl (C=O) groups excluding carboxylic acids is 2. The molecule has 0 aliphatic carbocycles. The quantitative estimate of drug-likeness (QED) is 0.204.